The summed E-state index contributed by atoms with van der Waals surface area (Å²) < 4.78 is 14.3. The Bertz CT molecular complexity index is 532. The zero-order valence-corrected chi connectivity index (χ0v) is 11.9. The van der Waals surface area contributed by atoms with Gasteiger partial charge >= 0.3 is 0 Å². The molecule has 0 aliphatic carbocycles. The van der Waals surface area contributed by atoms with Crippen molar-refractivity contribution in [3.8, 4) is 0 Å². The van der Waals surface area contributed by atoms with Gasteiger partial charge in [-0.05, 0) is 62.2 Å². The molecule has 0 aliphatic heterocycles. The van der Waals surface area contributed by atoms with E-state index in [2.05, 4.69) is 42.2 Å². The maximum Gasteiger partial charge on any atom is 0.137 e. The minimum absolute atomic E-state index is 0.267. The van der Waals surface area contributed by atoms with Gasteiger partial charge in [-0.3, -0.25) is 0 Å². The van der Waals surface area contributed by atoms with Crippen LogP contribution in [0.1, 0.15) is 5.69 Å². The Labute approximate surface area is 116 Å². The van der Waals surface area contributed by atoms with E-state index in [0.29, 0.717) is 11.0 Å². The van der Waals surface area contributed by atoms with Gasteiger partial charge < -0.3 is 5.32 Å². The molecule has 0 spiro atoms. The number of hydrogen-bond donors (Lipinski definition) is 1. The number of pyridine rings is 1. The topological polar surface area (TPSA) is 24.9 Å². The summed E-state index contributed by atoms with van der Waals surface area (Å²) in [6.07, 6.45) is 0. The summed E-state index contributed by atoms with van der Waals surface area (Å²) >= 11 is 6.46. The van der Waals surface area contributed by atoms with Gasteiger partial charge in [0.15, 0.2) is 0 Å². The molecule has 0 saturated carbocycles. The molecule has 2 rings (SSSR count). The van der Waals surface area contributed by atoms with Gasteiger partial charge in [-0.2, -0.15) is 0 Å². The van der Waals surface area contributed by atoms with E-state index in [9.17, 15) is 4.39 Å². The Balaban J connectivity index is 2.05. The second kappa shape index (κ2) is 5.60. The van der Waals surface area contributed by atoms with E-state index < -0.39 is 0 Å². The van der Waals surface area contributed by atoms with E-state index >= 15 is 0 Å². The smallest absolute Gasteiger partial charge is 0.137 e. The first-order valence-electron chi connectivity index (χ1n) is 4.95. The highest BCUT2D eigenvalue weighted by molar-refractivity contribution is 9.10. The molecule has 0 fully saturated rings. The van der Waals surface area contributed by atoms with Crippen LogP contribution in [0.2, 0.25) is 0 Å². The molecule has 0 aliphatic rings. The van der Waals surface area contributed by atoms with E-state index in [-0.39, 0.29) is 5.82 Å². The molecule has 5 heteroatoms. The number of aromatic nitrogens is 1. The first-order chi connectivity index (χ1) is 8.15. The molecule has 0 saturated heterocycles. The van der Waals surface area contributed by atoms with Crippen LogP contribution in [0.3, 0.4) is 0 Å². The minimum Gasteiger partial charge on any atom is -0.379 e. The fourth-order valence-electron chi connectivity index (χ4n) is 1.35. The van der Waals surface area contributed by atoms with Crippen LogP contribution >= 0.6 is 31.9 Å². The highest BCUT2D eigenvalue weighted by atomic mass is 79.9. The Hall–Kier alpha value is -0.940. The molecule has 1 heterocycles. The van der Waals surface area contributed by atoms with Gasteiger partial charge in [0.1, 0.15) is 10.4 Å². The molecule has 0 amide bonds. The zero-order chi connectivity index (χ0) is 12.3. The molecular weight excluding hydrogens is 351 g/mol. The number of nitrogens with zero attached hydrogens (tertiary/aromatic N) is 1. The lowest BCUT2D eigenvalue weighted by atomic mass is 10.3. The van der Waals surface area contributed by atoms with Crippen molar-refractivity contribution >= 4 is 37.5 Å². The first kappa shape index (κ1) is 12.5. The van der Waals surface area contributed by atoms with Crippen molar-refractivity contribution in [3.63, 3.8) is 0 Å². The molecule has 0 atom stereocenters. The fourth-order valence-corrected chi connectivity index (χ4v) is 2.11. The van der Waals surface area contributed by atoms with Gasteiger partial charge in [0.2, 0.25) is 0 Å². The van der Waals surface area contributed by atoms with Crippen LogP contribution in [-0.2, 0) is 6.54 Å². The maximum absolute atomic E-state index is 13.0. The summed E-state index contributed by atoms with van der Waals surface area (Å²) in [4.78, 5) is 4.30. The number of hydrogen-bond acceptors (Lipinski definition) is 2. The summed E-state index contributed by atoms with van der Waals surface area (Å²) in [6.45, 7) is 0.595. The molecule has 1 aromatic heterocycles. The lowest BCUT2D eigenvalue weighted by Gasteiger charge is -2.07. The van der Waals surface area contributed by atoms with Gasteiger partial charge in [-0.1, -0.05) is 6.07 Å². The van der Waals surface area contributed by atoms with Crippen molar-refractivity contribution < 1.29 is 4.39 Å². The predicted octanol–water partition coefficient (Wildman–Crippen LogP) is 4.36. The van der Waals surface area contributed by atoms with Crippen molar-refractivity contribution in [3.05, 3.63) is 57.0 Å². The molecule has 0 radical (unpaired) electrons. The summed E-state index contributed by atoms with van der Waals surface area (Å²) in [7, 11) is 0. The molecule has 17 heavy (non-hydrogen) atoms. The van der Waals surface area contributed by atoms with Crippen LogP contribution in [0.4, 0.5) is 10.1 Å². The minimum atomic E-state index is -0.267. The third kappa shape index (κ3) is 3.51. The van der Waals surface area contributed by atoms with E-state index in [1.807, 2.05) is 18.2 Å². The van der Waals surface area contributed by atoms with Crippen molar-refractivity contribution in [2.24, 2.45) is 0 Å². The SMILES string of the molecule is Fc1ccc(NCc2cccc(Br)n2)cc1Br. The van der Waals surface area contributed by atoms with E-state index in [4.69, 9.17) is 0 Å². The first-order valence-corrected chi connectivity index (χ1v) is 6.54. The fraction of sp³-hybridized carbons (Fsp3) is 0.0833. The quantitative estimate of drug-likeness (QED) is 0.823. The Morgan fingerprint density at radius 2 is 2.00 bits per heavy atom. The third-order valence-electron chi connectivity index (χ3n) is 2.17. The number of rotatable bonds is 3. The van der Waals surface area contributed by atoms with Gasteiger partial charge in [0.05, 0.1) is 16.7 Å². The highest BCUT2D eigenvalue weighted by Gasteiger charge is 2.01. The monoisotopic (exact) mass is 358 g/mol. The van der Waals surface area contributed by atoms with Gasteiger partial charge in [0, 0.05) is 5.69 Å². The predicted molar refractivity (Wildman–Crippen MR) is 73.4 cm³/mol. The maximum atomic E-state index is 13.0. The van der Waals surface area contributed by atoms with Crippen LogP contribution in [0.15, 0.2) is 45.5 Å². The number of anilines is 1. The van der Waals surface area contributed by atoms with Crippen LogP contribution < -0.4 is 5.32 Å². The van der Waals surface area contributed by atoms with Crippen molar-refractivity contribution in [2.45, 2.75) is 6.54 Å². The molecular formula is C12H9Br2FN2. The molecule has 2 aromatic rings. The summed E-state index contributed by atoms with van der Waals surface area (Å²) in [5.41, 5.74) is 1.76. The average Bonchev–Trinajstić information content (AvgIpc) is 2.31. The second-order valence-electron chi connectivity index (χ2n) is 3.43. The van der Waals surface area contributed by atoms with Crippen molar-refractivity contribution in [1.82, 2.24) is 4.98 Å². The third-order valence-corrected chi connectivity index (χ3v) is 3.22. The Morgan fingerprint density at radius 3 is 2.71 bits per heavy atom. The number of halogens is 3. The van der Waals surface area contributed by atoms with Crippen LogP contribution in [0.5, 0.6) is 0 Å². The normalized spacial score (nSPS) is 10.3. The molecule has 88 valence electrons. The van der Waals surface area contributed by atoms with Crippen molar-refractivity contribution in [1.29, 1.82) is 0 Å². The largest absolute Gasteiger partial charge is 0.379 e. The molecule has 2 nitrogen and oxygen atoms in total. The lowest BCUT2D eigenvalue weighted by Crippen LogP contribution is -2.01. The summed E-state index contributed by atoms with van der Waals surface area (Å²) in [5, 5.41) is 3.18. The molecule has 0 bridgehead atoms. The van der Waals surface area contributed by atoms with E-state index in [0.717, 1.165) is 16.0 Å². The number of benzene rings is 1. The second-order valence-corrected chi connectivity index (χ2v) is 5.10. The van der Waals surface area contributed by atoms with E-state index in [1.54, 1.807) is 12.1 Å². The lowest BCUT2D eigenvalue weighted by molar-refractivity contribution is 0.621. The Morgan fingerprint density at radius 1 is 1.18 bits per heavy atom. The zero-order valence-electron chi connectivity index (χ0n) is 8.75. The number of nitrogens with one attached hydrogen (secondary N) is 1. The van der Waals surface area contributed by atoms with Crippen molar-refractivity contribution in [2.75, 3.05) is 5.32 Å². The van der Waals surface area contributed by atoms with Gasteiger partial charge in [-0.25, -0.2) is 9.37 Å². The molecule has 1 aromatic carbocycles. The van der Waals surface area contributed by atoms with Gasteiger partial charge in [-0.15, -0.1) is 0 Å². The Kier molecular flexibility index (Phi) is 4.12. The highest BCUT2D eigenvalue weighted by Crippen LogP contribution is 2.20. The average molecular weight is 360 g/mol. The van der Waals surface area contributed by atoms with Crippen LogP contribution in [0.25, 0.3) is 0 Å². The standard InChI is InChI=1S/C12H9Br2FN2/c13-10-6-8(4-5-11(10)15)16-7-9-2-1-3-12(14)17-9/h1-6,16H,7H2. The van der Waals surface area contributed by atoms with Crippen LogP contribution in [0, 0.1) is 5.82 Å². The summed E-state index contributed by atoms with van der Waals surface area (Å²) in [5.74, 6) is -0.267. The van der Waals surface area contributed by atoms with E-state index in [1.165, 1.54) is 6.07 Å². The molecule has 1 N–H and O–H groups in total. The molecule has 0 unspecified atom stereocenters. The van der Waals surface area contributed by atoms with Gasteiger partial charge in [0.25, 0.3) is 0 Å². The van der Waals surface area contributed by atoms with Crippen LogP contribution in [-0.4, -0.2) is 4.98 Å². The summed E-state index contributed by atoms with van der Waals surface area (Å²) in [6, 6.07) is 10.5.